The normalized spacial score (nSPS) is 14.6. The van der Waals surface area contributed by atoms with E-state index < -0.39 is 28.6 Å². The lowest BCUT2D eigenvalue weighted by molar-refractivity contribution is 0.0695. The van der Waals surface area contributed by atoms with Gasteiger partial charge in [0.05, 0.1) is 23.7 Å². The molecule has 1 N–H and O–H groups in total. The van der Waals surface area contributed by atoms with Crippen molar-refractivity contribution < 1.29 is 23.1 Å². The third-order valence-corrected chi connectivity index (χ3v) is 6.11. The minimum Gasteiger partial charge on any atom is -0.477 e. The van der Waals surface area contributed by atoms with Crippen LogP contribution in [0.3, 0.4) is 0 Å². The molecule has 34 heavy (non-hydrogen) atoms. The summed E-state index contributed by atoms with van der Waals surface area (Å²) in [6.45, 7) is 3.33. The number of aromatic nitrogens is 1. The molecule has 0 unspecified atom stereocenters. The van der Waals surface area contributed by atoms with E-state index in [0.29, 0.717) is 43.1 Å². The van der Waals surface area contributed by atoms with Crippen molar-refractivity contribution in [1.82, 2.24) is 9.47 Å². The monoisotopic (exact) mass is 465 g/mol. The van der Waals surface area contributed by atoms with Crippen molar-refractivity contribution in [3.05, 3.63) is 94.2 Å². The van der Waals surface area contributed by atoms with Gasteiger partial charge >= 0.3 is 5.97 Å². The second kappa shape index (κ2) is 8.75. The number of hydrogen-bond acceptors (Lipinski definition) is 5. The van der Waals surface area contributed by atoms with Crippen molar-refractivity contribution >= 4 is 22.6 Å². The largest absolute Gasteiger partial charge is 0.477 e. The Balaban J connectivity index is 1.54. The number of fused-ring (bicyclic) bond motifs is 1. The summed E-state index contributed by atoms with van der Waals surface area (Å²) in [6.07, 6.45) is 4.53. The van der Waals surface area contributed by atoms with Gasteiger partial charge in [0.1, 0.15) is 17.2 Å². The van der Waals surface area contributed by atoms with Crippen LogP contribution < -0.4 is 10.3 Å². The van der Waals surface area contributed by atoms with Crippen LogP contribution >= 0.6 is 0 Å². The number of nitrogens with zero attached hydrogens (tertiary/aromatic N) is 3. The van der Waals surface area contributed by atoms with Crippen molar-refractivity contribution in [2.45, 2.75) is 6.54 Å². The molecule has 1 saturated heterocycles. The number of piperazine rings is 1. The van der Waals surface area contributed by atoms with Crippen LogP contribution in [0.5, 0.6) is 0 Å². The number of halogens is 2. The number of carboxylic acids is 1. The first kappa shape index (κ1) is 21.8. The van der Waals surface area contributed by atoms with Crippen LogP contribution in [0.2, 0.25) is 0 Å². The predicted molar refractivity (Wildman–Crippen MR) is 123 cm³/mol. The highest BCUT2D eigenvalue weighted by atomic mass is 19.1. The minimum absolute atomic E-state index is 0.0518. The second-order valence-electron chi connectivity index (χ2n) is 8.24. The summed E-state index contributed by atoms with van der Waals surface area (Å²) >= 11 is 0. The van der Waals surface area contributed by atoms with Gasteiger partial charge in [0.25, 0.3) is 0 Å². The maximum Gasteiger partial charge on any atom is 0.341 e. The molecule has 4 aromatic rings. The Morgan fingerprint density at radius 1 is 1.03 bits per heavy atom. The molecule has 3 heterocycles. The predicted octanol–water partition coefficient (Wildman–Crippen LogP) is 3.88. The van der Waals surface area contributed by atoms with E-state index in [2.05, 4.69) is 4.90 Å². The van der Waals surface area contributed by atoms with Gasteiger partial charge in [0.15, 0.2) is 0 Å². The van der Waals surface area contributed by atoms with E-state index in [1.807, 2.05) is 11.0 Å². The van der Waals surface area contributed by atoms with Gasteiger partial charge in [-0.05, 0) is 42.5 Å². The molecular weight excluding hydrogens is 444 g/mol. The number of furan rings is 1. The first-order valence-corrected chi connectivity index (χ1v) is 10.8. The summed E-state index contributed by atoms with van der Waals surface area (Å²) < 4.78 is 35.3. The highest BCUT2D eigenvalue weighted by Gasteiger charge is 2.23. The molecule has 0 aliphatic carbocycles. The molecule has 1 aliphatic rings. The topological polar surface area (TPSA) is 78.9 Å². The van der Waals surface area contributed by atoms with Crippen molar-refractivity contribution in [1.29, 1.82) is 0 Å². The van der Waals surface area contributed by atoms with Crippen LogP contribution in [-0.4, -0.2) is 46.7 Å². The van der Waals surface area contributed by atoms with Gasteiger partial charge in [-0.3, -0.25) is 9.69 Å². The lowest BCUT2D eigenvalue weighted by Crippen LogP contribution is -2.46. The van der Waals surface area contributed by atoms with Crippen LogP contribution in [0.25, 0.3) is 16.6 Å². The lowest BCUT2D eigenvalue weighted by atomic mass is 10.1. The van der Waals surface area contributed by atoms with Crippen molar-refractivity contribution in [2.24, 2.45) is 0 Å². The summed E-state index contributed by atoms with van der Waals surface area (Å²) in [5, 5.41) is 9.45. The lowest BCUT2D eigenvalue weighted by Gasteiger charge is -2.36. The van der Waals surface area contributed by atoms with E-state index in [0.717, 1.165) is 18.2 Å². The molecule has 1 fully saturated rings. The molecule has 0 radical (unpaired) electrons. The smallest absolute Gasteiger partial charge is 0.341 e. The Morgan fingerprint density at radius 2 is 1.76 bits per heavy atom. The third kappa shape index (κ3) is 4.06. The fraction of sp³-hybridized carbons (Fsp3) is 0.200. The number of benzene rings is 2. The third-order valence-electron chi connectivity index (χ3n) is 6.11. The first-order chi connectivity index (χ1) is 16.4. The van der Waals surface area contributed by atoms with Crippen LogP contribution in [0.1, 0.15) is 15.9 Å². The number of rotatable bonds is 5. The maximum absolute atomic E-state index is 15.2. The van der Waals surface area contributed by atoms with Crippen LogP contribution in [-0.2, 0) is 6.54 Å². The number of carbonyl (C=O) groups is 1. The average Bonchev–Trinajstić information content (AvgIpc) is 3.33. The highest BCUT2D eigenvalue weighted by molar-refractivity contribution is 5.94. The Morgan fingerprint density at radius 3 is 2.41 bits per heavy atom. The number of anilines is 1. The molecule has 2 aromatic carbocycles. The number of hydrogen-bond donors (Lipinski definition) is 1. The standard InChI is InChI=1S/C25H21F2N3O4/c26-17-1-3-18(4-2-17)30-14-20(25(32)33)24(31)19-11-21(27)23(12-22(19)30)29-8-6-28(7-9-29)13-16-5-10-34-15-16/h1-5,10-12,14-15H,6-9,13H2,(H,32,33). The molecule has 0 bridgehead atoms. The molecular formula is C25H21F2N3O4. The Bertz CT molecular complexity index is 1410. The van der Waals surface area contributed by atoms with E-state index in [1.165, 1.54) is 35.0 Å². The van der Waals surface area contributed by atoms with Crippen molar-refractivity contribution in [3.8, 4) is 5.69 Å². The molecule has 2 aromatic heterocycles. The van der Waals surface area contributed by atoms with Gasteiger partial charge in [-0.25, -0.2) is 13.6 Å². The summed E-state index contributed by atoms with van der Waals surface area (Å²) in [4.78, 5) is 28.6. The van der Waals surface area contributed by atoms with Gasteiger partial charge in [0.2, 0.25) is 5.43 Å². The van der Waals surface area contributed by atoms with Crippen LogP contribution in [0.15, 0.2) is 70.4 Å². The SMILES string of the molecule is O=C(O)c1cn(-c2ccc(F)cc2)c2cc(N3CCN(Cc4ccoc4)CC3)c(F)cc2c1=O. The maximum atomic E-state index is 15.2. The Labute approximate surface area is 193 Å². The van der Waals surface area contributed by atoms with E-state index in [-0.39, 0.29) is 5.39 Å². The zero-order chi connectivity index (χ0) is 23.8. The summed E-state index contributed by atoms with van der Waals surface area (Å²) in [5.74, 6) is -2.46. The molecule has 0 amide bonds. The van der Waals surface area contributed by atoms with Crippen LogP contribution in [0.4, 0.5) is 14.5 Å². The molecule has 9 heteroatoms. The number of aromatic carboxylic acids is 1. The summed E-state index contributed by atoms with van der Waals surface area (Å²) in [6, 6.07) is 10.00. The van der Waals surface area contributed by atoms with Gasteiger partial charge in [0, 0.05) is 55.6 Å². The van der Waals surface area contributed by atoms with Gasteiger partial charge in [-0.2, -0.15) is 0 Å². The van der Waals surface area contributed by atoms with E-state index in [4.69, 9.17) is 4.42 Å². The highest BCUT2D eigenvalue weighted by Crippen LogP contribution is 2.28. The zero-order valence-electron chi connectivity index (χ0n) is 18.1. The average molecular weight is 465 g/mol. The molecule has 0 atom stereocenters. The van der Waals surface area contributed by atoms with E-state index in [1.54, 1.807) is 18.6 Å². The molecule has 0 saturated carbocycles. The zero-order valence-corrected chi connectivity index (χ0v) is 18.1. The second-order valence-corrected chi connectivity index (χ2v) is 8.24. The summed E-state index contributed by atoms with van der Waals surface area (Å²) in [5.41, 5.74) is 0.944. The van der Waals surface area contributed by atoms with Gasteiger partial charge in [-0.15, -0.1) is 0 Å². The fourth-order valence-corrected chi connectivity index (χ4v) is 4.33. The Hall–Kier alpha value is -3.98. The fourth-order valence-electron chi connectivity index (χ4n) is 4.33. The van der Waals surface area contributed by atoms with Crippen molar-refractivity contribution in [2.75, 3.05) is 31.1 Å². The van der Waals surface area contributed by atoms with E-state index in [9.17, 15) is 19.1 Å². The van der Waals surface area contributed by atoms with Crippen molar-refractivity contribution in [3.63, 3.8) is 0 Å². The number of pyridine rings is 1. The Kier molecular flexibility index (Phi) is 5.62. The first-order valence-electron chi connectivity index (χ1n) is 10.8. The number of carboxylic acid groups (broad SMARTS) is 1. The molecule has 7 nitrogen and oxygen atoms in total. The molecule has 0 spiro atoms. The quantitative estimate of drug-likeness (QED) is 0.482. The van der Waals surface area contributed by atoms with Gasteiger partial charge < -0.3 is 19.0 Å². The molecule has 5 rings (SSSR count). The minimum atomic E-state index is -1.42. The summed E-state index contributed by atoms with van der Waals surface area (Å²) in [7, 11) is 0. The molecule has 1 aliphatic heterocycles. The van der Waals surface area contributed by atoms with E-state index >= 15 is 4.39 Å². The van der Waals surface area contributed by atoms with Gasteiger partial charge in [-0.1, -0.05) is 0 Å². The molecule has 174 valence electrons. The van der Waals surface area contributed by atoms with Crippen LogP contribution in [0, 0.1) is 11.6 Å².